The number of hydrogen-bond donors (Lipinski definition) is 0. The van der Waals surface area contributed by atoms with Crippen LogP contribution in [0.25, 0.3) is 0 Å². The van der Waals surface area contributed by atoms with Gasteiger partial charge in [0.2, 0.25) is 10.0 Å². The fraction of sp³-hybridized carbons (Fsp3) is 0.267. The number of rotatable bonds is 5. The van der Waals surface area contributed by atoms with E-state index in [1.807, 2.05) is 6.92 Å². The molecule has 21 heavy (non-hydrogen) atoms. The highest BCUT2D eigenvalue weighted by Crippen LogP contribution is 2.23. The summed E-state index contributed by atoms with van der Waals surface area (Å²) >= 11 is 0. The van der Waals surface area contributed by atoms with Crippen molar-refractivity contribution in [3.8, 4) is 5.75 Å². The van der Waals surface area contributed by atoms with Crippen molar-refractivity contribution in [1.29, 1.82) is 0 Å². The third-order valence-electron chi connectivity index (χ3n) is 3.23. The van der Waals surface area contributed by atoms with Gasteiger partial charge in [-0.05, 0) is 48.4 Å². The van der Waals surface area contributed by atoms with Gasteiger partial charge in [0.1, 0.15) is 5.75 Å². The van der Waals surface area contributed by atoms with E-state index in [2.05, 4.69) is 4.98 Å². The lowest BCUT2D eigenvalue weighted by atomic mass is 10.2. The summed E-state index contributed by atoms with van der Waals surface area (Å²) in [4.78, 5) is 4.18. The van der Waals surface area contributed by atoms with E-state index in [9.17, 15) is 8.42 Å². The van der Waals surface area contributed by atoms with Crippen LogP contribution in [0, 0.1) is 6.92 Å². The van der Waals surface area contributed by atoms with Gasteiger partial charge in [-0.1, -0.05) is 0 Å². The number of nitrogens with zero attached hydrogens (tertiary/aromatic N) is 2. The summed E-state index contributed by atoms with van der Waals surface area (Å²) in [6.45, 7) is 2.12. The molecule has 2 rings (SSSR count). The van der Waals surface area contributed by atoms with Gasteiger partial charge in [0.15, 0.2) is 0 Å². The fourth-order valence-corrected chi connectivity index (χ4v) is 3.27. The first-order valence-corrected chi connectivity index (χ1v) is 7.89. The Morgan fingerprint density at radius 2 is 1.86 bits per heavy atom. The van der Waals surface area contributed by atoms with E-state index in [1.54, 1.807) is 56.9 Å². The second kappa shape index (κ2) is 6.24. The molecule has 0 saturated heterocycles. The monoisotopic (exact) mass is 306 g/mol. The zero-order valence-electron chi connectivity index (χ0n) is 12.3. The van der Waals surface area contributed by atoms with Crippen LogP contribution < -0.4 is 4.74 Å². The number of ether oxygens (including phenoxy) is 1. The summed E-state index contributed by atoms with van der Waals surface area (Å²) in [7, 11) is -0.401. The highest BCUT2D eigenvalue weighted by atomic mass is 32.2. The van der Waals surface area contributed by atoms with Crippen molar-refractivity contribution in [3.63, 3.8) is 0 Å². The van der Waals surface area contributed by atoms with Crippen molar-refractivity contribution in [2.24, 2.45) is 0 Å². The summed E-state index contributed by atoms with van der Waals surface area (Å²) in [6.07, 6.45) is 3.29. The molecule has 112 valence electrons. The van der Waals surface area contributed by atoms with Crippen LogP contribution in [-0.2, 0) is 16.6 Å². The van der Waals surface area contributed by atoms with Crippen LogP contribution in [0.15, 0.2) is 47.6 Å². The van der Waals surface area contributed by atoms with Crippen LogP contribution >= 0.6 is 0 Å². The maximum absolute atomic E-state index is 12.6. The smallest absolute Gasteiger partial charge is 0.243 e. The molecule has 0 saturated carbocycles. The Labute approximate surface area is 125 Å². The summed E-state index contributed by atoms with van der Waals surface area (Å²) in [5, 5.41) is 0. The molecule has 1 aromatic carbocycles. The van der Waals surface area contributed by atoms with Crippen LogP contribution in [0.5, 0.6) is 5.75 Å². The number of hydrogen-bond acceptors (Lipinski definition) is 4. The predicted octanol–water partition coefficient (Wildman–Crippen LogP) is 2.22. The first-order valence-electron chi connectivity index (χ1n) is 6.45. The Kier molecular flexibility index (Phi) is 4.59. The average Bonchev–Trinajstić information content (AvgIpc) is 2.48. The van der Waals surface area contributed by atoms with Crippen LogP contribution in [0.3, 0.4) is 0 Å². The van der Waals surface area contributed by atoms with Gasteiger partial charge in [0.25, 0.3) is 0 Å². The van der Waals surface area contributed by atoms with Crippen molar-refractivity contribution in [3.05, 3.63) is 53.9 Å². The summed E-state index contributed by atoms with van der Waals surface area (Å²) in [5.41, 5.74) is 1.68. The number of pyridine rings is 1. The van der Waals surface area contributed by atoms with Gasteiger partial charge in [-0.3, -0.25) is 4.98 Å². The van der Waals surface area contributed by atoms with Crippen LogP contribution in [0.1, 0.15) is 11.1 Å². The molecule has 0 bridgehead atoms. The minimum atomic E-state index is -3.53. The molecule has 2 aromatic rings. The Morgan fingerprint density at radius 3 is 2.43 bits per heavy atom. The molecule has 0 unspecified atom stereocenters. The molecule has 0 aliphatic carbocycles. The molecule has 0 N–H and O–H groups in total. The van der Waals surface area contributed by atoms with E-state index in [-0.39, 0.29) is 4.90 Å². The lowest BCUT2D eigenvalue weighted by molar-refractivity contribution is 0.411. The third kappa shape index (κ3) is 3.40. The Hall–Kier alpha value is -1.92. The molecule has 0 fully saturated rings. The third-order valence-corrected chi connectivity index (χ3v) is 5.03. The quantitative estimate of drug-likeness (QED) is 0.850. The Balaban J connectivity index is 2.27. The molecule has 0 spiro atoms. The topological polar surface area (TPSA) is 59.5 Å². The number of methoxy groups -OCH3 is 1. The minimum Gasteiger partial charge on any atom is -0.496 e. The van der Waals surface area contributed by atoms with Crippen LogP contribution in [-0.4, -0.2) is 31.9 Å². The summed E-state index contributed by atoms with van der Waals surface area (Å²) in [6, 6.07) is 8.44. The Morgan fingerprint density at radius 1 is 1.19 bits per heavy atom. The molecule has 1 heterocycles. The van der Waals surface area contributed by atoms with Crippen molar-refractivity contribution in [2.45, 2.75) is 18.4 Å². The van der Waals surface area contributed by atoms with Gasteiger partial charge in [0, 0.05) is 26.0 Å². The first-order chi connectivity index (χ1) is 9.95. The number of aromatic nitrogens is 1. The van der Waals surface area contributed by atoms with Gasteiger partial charge < -0.3 is 4.74 Å². The van der Waals surface area contributed by atoms with Crippen molar-refractivity contribution in [2.75, 3.05) is 14.2 Å². The molecule has 0 amide bonds. The van der Waals surface area contributed by atoms with Crippen LogP contribution in [0.2, 0.25) is 0 Å². The SMILES string of the molecule is COc1ccc(S(=O)(=O)N(C)Cc2ccncc2)cc1C. The molecule has 1 aromatic heterocycles. The Bertz CT molecular complexity index is 715. The van der Waals surface area contributed by atoms with E-state index in [0.717, 1.165) is 11.1 Å². The van der Waals surface area contributed by atoms with E-state index in [0.29, 0.717) is 12.3 Å². The first kappa shape index (κ1) is 15.5. The second-order valence-corrected chi connectivity index (χ2v) is 6.79. The molecule has 0 aliphatic rings. The molecule has 0 radical (unpaired) electrons. The number of sulfonamides is 1. The van der Waals surface area contributed by atoms with E-state index >= 15 is 0 Å². The lowest BCUT2D eigenvalue weighted by Gasteiger charge is -2.18. The number of benzene rings is 1. The highest BCUT2D eigenvalue weighted by Gasteiger charge is 2.21. The molecule has 6 heteroatoms. The maximum atomic E-state index is 12.6. The summed E-state index contributed by atoms with van der Waals surface area (Å²) < 4.78 is 31.6. The fourth-order valence-electron chi connectivity index (χ4n) is 2.02. The van der Waals surface area contributed by atoms with E-state index in [1.165, 1.54) is 4.31 Å². The lowest BCUT2D eigenvalue weighted by Crippen LogP contribution is -2.26. The van der Waals surface area contributed by atoms with Gasteiger partial charge in [-0.15, -0.1) is 0 Å². The average molecular weight is 306 g/mol. The van der Waals surface area contributed by atoms with Gasteiger partial charge >= 0.3 is 0 Å². The highest BCUT2D eigenvalue weighted by molar-refractivity contribution is 7.89. The largest absolute Gasteiger partial charge is 0.496 e. The van der Waals surface area contributed by atoms with Gasteiger partial charge in [-0.25, -0.2) is 8.42 Å². The maximum Gasteiger partial charge on any atom is 0.243 e. The van der Waals surface area contributed by atoms with Crippen molar-refractivity contribution >= 4 is 10.0 Å². The predicted molar refractivity (Wildman–Crippen MR) is 80.6 cm³/mol. The van der Waals surface area contributed by atoms with E-state index < -0.39 is 10.0 Å². The minimum absolute atomic E-state index is 0.261. The second-order valence-electron chi connectivity index (χ2n) is 4.75. The number of aryl methyl sites for hydroxylation is 1. The van der Waals surface area contributed by atoms with Crippen LogP contribution in [0.4, 0.5) is 0 Å². The molecule has 0 aliphatic heterocycles. The van der Waals surface area contributed by atoms with Gasteiger partial charge in [-0.2, -0.15) is 4.31 Å². The standard InChI is InChI=1S/C15H18N2O3S/c1-12-10-14(4-5-15(12)20-3)21(18,19)17(2)11-13-6-8-16-9-7-13/h4-10H,11H2,1-3H3. The zero-order valence-corrected chi connectivity index (χ0v) is 13.1. The molecule has 0 atom stereocenters. The zero-order chi connectivity index (χ0) is 15.5. The molecule has 5 nitrogen and oxygen atoms in total. The normalized spacial score (nSPS) is 11.6. The molecular weight excluding hydrogens is 288 g/mol. The van der Waals surface area contributed by atoms with Crippen molar-refractivity contribution < 1.29 is 13.2 Å². The molecular formula is C15H18N2O3S. The van der Waals surface area contributed by atoms with Gasteiger partial charge in [0.05, 0.1) is 12.0 Å². The van der Waals surface area contributed by atoms with E-state index in [4.69, 9.17) is 4.74 Å². The summed E-state index contributed by atoms with van der Waals surface area (Å²) in [5.74, 6) is 0.672. The van der Waals surface area contributed by atoms with Crippen molar-refractivity contribution in [1.82, 2.24) is 9.29 Å².